The first-order valence-corrected chi connectivity index (χ1v) is 7.69. The van der Waals surface area contributed by atoms with E-state index in [-0.39, 0.29) is 24.8 Å². The zero-order valence-corrected chi connectivity index (χ0v) is 15.7. The molecular weight excluding hydrogens is 353 g/mol. The molecule has 0 amide bonds. The second-order valence-electron chi connectivity index (χ2n) is 5.47. The van der Waals surface area contributed by atoms with Gasteiger partial charge < -0.3 is 14.2 Å². The van der Waals surface area contributed by atoms with Crippen LogP contribution in [-0.2, 0) is 11.3 Å². The summed E-state index contributed by atoms with van der Waals surface area (Å²) in [7, 11) is 3.29. The summed E-state index contributed by atoms with van der Waals surface area (Å²) >= 11 is 0. The second-order valence-corrected chi connectivity index (χ2v) is 5.47. The topological polar surface area (TPSA) is 48.8 Å². The van der Waals surface area contributed by atoms with Crippen molar-refractivity contribution in [2.45, 2.75) is 13.0 Å². The molecule has 3 rings (SSSR count). The lowest BCUT2D eigenvalue weighted by atomic mass is 10.2. The van der Waals surface area contributed by atoms with E-state index in [0.29, 0.717) is 5.75 Å². The Morgan fingerprint density at radius 1 is 1.04 bits per heavy atom. The molecule has 0 radical (unpaired) electrons. The molecule has 1 aliphatic rings. The summed E-state index contributed by atoms with van der Waals surface area (Å²) in [6.07, 6.45) is 3.15. The quantitative estimate of drug-likeness (QED) is 0.774. The van der Waals surface area contributed by atoms with Crippen molar-refractivity contribution < 1.29 is 14.2 Å². The summed E-state index contributed by atoms with van der Waals surface area (Å²) < 4.78 is 18.0. The highest BCUT2D eigenvalue weighted by Crippen LogP contribution is 2.31. The highest BCUT2D eigenvalue weighted by Gasteiger charge is 2.11. The van der Waals surface area contributed by atoms with Crippen LogP contribution in [0.15, 0.2) is 18.3 Å². The van der Waals surface area contributed by atoms with E-state index in [0.717, 1.165) is 62.5 Å². The molecule has 6 nitrogen and oxygen atoms in total. The van der Waals surface area contributed by atoms with Crippen LogP contribution in [0.25, 0.3) is 10.9 Å². The lowest BCUT2D eigenvalue weighted by molar-refractivity contribution is 0.0368. The van der Waals surface area contributed by atoms with Crippen molar-refractivity contribution in [3.8, 4) is 11.5 Å². The van der Waals surface area contributed by atoms with E-state index in [2.05, 4.69) is 16.2 Å². The first-order valence-electron chi connectivity index (χ1n) is 7.69. The van der Waals surface area contributed by atoms with Gasteiger partial charge in [0, 0.05) is 43.8 Å². The van der Waals surface area contributed by atoms with Crippen molar-refractivity contribution >= 4 is 35.7 Å². The number of aromatic nitrogens is 2. The van der Waals surface area contributed by atoms with E-state index in [1.165, 1.54) is 0 Å². The average molecular weight is 378 g/mol. The minimum atomic E-state index is 0. The van der Waals surface area contributed by atoms with E-state index in [9.17, 15) is 0 Å². The lowest BCUT2D eigenvalue weighted by Crippen LogP contribution is -2.37. The molecule has 2 heterocycles. The van der Waals surface area contributed by atoms with Crippen molar-refractivity contribution in [3.63, 3.8) is 0 Å². The molecule has 0 bridgehead atoms. The highest BCUT2D eigenvalue weighted by atomic mass is 35.5. The van der Waals surface area contributed by atoms with Gasteiger partial charge in [-0.2, -0.15) is 5.10 Å². The molecule has 136 valence electrons. The number of hydrogen-bond donors (Lipinski definition) is 0. The van der Waals surface area contributed by atoms with Gasteiger partial charge in [-0.05, 0) is 12.5 Å². The van der Waals surface area contributed by atoms with Gasteiger partial charge in [0.05, 0.1) is 33.0 Å². The molecule has 1 saturated heterocycles. The molecule has 1 aliphatic heterocycles. The Morgan fingerprint density at radius 2 is 1.71 bits per heavy atom. The Labute approximate surface area is 154 Å². The van der Waals surface area contributed by atoms with Gasteiger partial charge in [-0.1, -0.05) is 0 Å². The van der Waals surface area contributed by atoms with Crippen LogP contribution >= 0.6 is 24.8 Å². The summed E-state index contributed by atoms with van der Waals surface area (Å²) in [5, 5.41) is 5.69. The molecule has 1 fully saturated rings. The minimum absolute atomic E-state index is 0. The van der Waals surface area contributed by atoms with E-state index < -0.39 is 0 Å². The number of halogens is 2. The third kappa shape index (κ3) is 4.89. The van der Waals surface area contributed by atoms with Crippen molar-refractivity contribution in [2.24, 2.45) is 0 Å². The zero-order valence-electron chi connectivity index (χ0n) is 14.1. The normalized spacial score (nSPS) is 14.8. The molecule has 0 aliphatic carbocycles. The number of hydrogen-bond acceptors (Lipinski definition) is 5. The summed E-state index contributed by atoms with van der Waals surface area (Å²) in [6.45, 7) is 5.78. The van der Waals surface area contributed by atoms with Gasteiger partial charge in [0.25, 0.3) is 0 Å². The van der Waals surface area contributed by atoms with Crippen molar-refractivity contribution in [1.29, 1.82) is 0 Å². The fourth-order valence-corrected chi connectivity index (χ4v) is 2.80. The van der Waals surface area contributed by atoms with Crippen LogP contribution in [-0.4, -0.2) is 61.7 Å². The first kappa shape index (κ1) is 20.8. The molecule has 0 unspecified atom stereocenters. The number of fused-ring (bicyclic) bond motifs is 1. The van der Waals surface area contributed by atoms with E-state index in [4.69, 9.17) is 14.2 Å². The Kier molecular flexibility index (Phi) is 8.62. The second kappa shape index (κ2) is 9.93. The summed E-state index contributed by atoms with van der Waals surface area (Å²) in [5.74, 6) is 1.46. The number of methoxy groups -OCH3 is 2. The Balaban J connectivity index is 0.00000144. The van der Waals surface area contributed by atoms with Gasteiger partial charge >= 0.3 is 0 Å². The number of benzene rings is 1. The van der Waals surface area contributed by atoms with E-state index in [1.54, 1.807) is 14.2 Å². The third-order valence-electron chi connectivity index (χ3n) is 4.02. The van der Waals surface area contributed by atoms with Crippen LogP contribution in [0.2, 0.25) is 0 Å². The maximum atomic E-state index is 5.36. The fourth-order valence-electron chi connectivity index (χ4n) is 2.80. The van der Waals surface area contributed by atoms with Crippen molar-refractivity contribution in [2.75, 3.05) is 47.1 Å². The molecule has 1 aromatic carbocycles. The third-order valence-corrected chi connectivity index (χ3v) is 4.02. The van der Waals surface area contributed by atoms with Crippen LogP contribution in [0.4, 0.5) is 0 Å². The molecule has 2 aromatic rings. The maximum Gasteiger partial charge on any atom is 0.162 e. The van der Waals surface area contributed by atoms with Crippen LogP contribution in [0.1, 0.15) is 6.42 Å². The predicted molar refractivity (Wildman–Crippen MR) is 99.2 cm³/mol. The summed E-state index contributed by atoms with van der Waals surface area (Å²) in [6, 6.07) is 3.90. The van der Waals surface area contributed by atoms with Crippen molar-refractivity contribution in [3.05, 3.63) is 18.3 Å². The minimum Gasteiger partial charge on any atom is -0.493 e. The van der Waals surface area contributed by atoms with Gasteiger partial charge in [-0.15, -0.1) is 24.8 Å². The number of nitrogens with zero attached hydrogens (tertiary/aromatic N) is 3. The zero-order chi connectivity index (χ0) is 15.4. The van der Waals surface area contributed by atoms with Gasteiger partial charge in [-0.25, -0.2) is 0 Å². The van der Waals surface area contributed by atoms with Gasteiger partial charge in [-0.3, -0.25) is 9.58 Å². The molecule has 0 saturated carbocycles. The number of rotatable bonds is 6. The summed E-state index contributed by atoms with van der Waals surface area (Å²) in [5.41, 5.74) is 0.934. The van der Waals surface area contributed by atoms with E-state index in [1.807, 2.05) is 16.8 Å². The van der Waals surface area contributed by atoms with Crippen LogP contribution in [0.5, 0.6) is 11.5 Å². The Hall–Kier alpha value is -1.21. The molecule has 0 spiro atoms. The number of morpholine rings is 1. The number of aryl methyl sites for hydroxylation is 1. The molecular formula is C16H25Cl2N3O3. The molecule has 8 heteroatoms. The highest BCUT2D eigenvalue weighted by molar-refractivity contribution is 5.85. The fraction of sp³-hybridized carbons (Fsp3) is 0.562. The van der Waals surface area contributed by atoms with Crippen LogP contribution in [0, 0.1) is 0 Å². The molecule has 24 heavy (non-hydrogen) atoms. The maximum absolute atomic E-state index is 5.36. The first-order chi connectivity index (χ1) is 10.8. The van der Waals surface area contributed by atoms with Gasteiger partial charge in [0.15, 0.2) is 11.5 Å². The molecule has 0 N–H and O–H groups in total. The van der Waals surface area contributed by atoms with Gasteiger partial charge in [0.2, 0.25) is 0 Å². The lowest BCUT2D eigenvalue weighted by Gasteiger charge is -2.26. The van der Waals surface area contributed by atoms with E-state index >= 15 is 0 Å². The average Bonchev–Trinajstić information content (AvgIpc) is 2.96. The predicted octanol–water partition coefficient (Wildman–Crippen LogP) is 2.62. The van der Waals surface area contributed by atoms with Crippen LogP contribution in [0.3, 0.4) is 0 Å². The monoisotopic (exact) mass is 377 g/mol. The Morgan fingerprint density at radius 3 is 2.38 bits per heavy atom. The molecule has 1 aromatic heterocycles. The number of ether oxygens (including phenoxy) is 3. The smallest absolute Gasteiger partial charge is 0.162 e. The molecule has 0 atom stereocenters. The van der Waals surface area contributed by atoms with Gasteiger partial charge in [0.1, 0.15) is 0 Å². The SMILES string of the molecule is COc1cc2cn(CCCN3CCOCC3)nc2cc1OC.Cl.Cl. The largest absolute Gasteiger partial charge is 0.493 e. The summed E-state index contributed by atoms with van der Waals surface area (Å²) in [4.78, 5) is 2.44. The van der Waals surface area contributed by atoms with Crippen LogP contribution < -0.4 is 9.47 Å². The Bertz CT molecular complexity index is 589. The standard InChI is InChI=1S/C16H23N3O3.2ClH/c1-20-15-10-13-12-19(17-14(13)11-16(15)21-2)5-3-4-18-6-8-22-9-7-18;;/h10-12H,3-9H2,1-2H3;2*1H. The van der Waals surface area contributed by atoms with Crippen molar-refractivity contribution in [1.82, 2.24) is 14.7 Å².